The molecule has 1 N–H and O–H groups in total. The zero-order valence-corrected chi connectivity index (χ0v) is 15.3. The minimum absolute atomic E-state index is 0.0187. The number of hydrogen-bond donors (Lipinski definition) is 1. The molecule has 0 saturated carbocycles. The molecule has 1 atom stereocenters. The van der Waals surface area contributed by atoms with Crippen molar-refractivity contribution in [1.29, 1.82) is 0 Å². The largest absolute Gasteiger partial charge is 0.378 e. The van der Waals surface area contributed by atoms with Gasteiger partial charge >= 0.3 is 0 Å². The van der Waals surface area contributed by atoms with Gasteiger partial charge in [-0.25, -0.2) is 9.97 Å². The van der Waals surface area contributed by atoms with Crippen LogP contribution in [0.4, 0.5) is 5.95 Å². The Labute approximate surface area is 149 Å². The number of anilines is 1. The number of amides is 1. The second kappa shape index (κ2) is 7.52. The summed E-state index contributed by atoms with van der Waals surface area (Å²) in [6.07, 6.45) is 6.65. The number of allylic oxidation sites excluding steroid dienone is 1. The molecular formula is C19H28N4O2. The third-order valence-corrected chi connectivity index (χ3v) is 4.87. The Bertz CT molecular complexity index is 638. The first-order valence-corrected chi connectivity index (χ1v) is 9.07. The lowest BCUT2D eigenvalue weighted by atomic mass is 9.74. The van der Waals surface area contributed by atoms with Crippen molar-refractivity contribution < 1.29 is 9.53 Å². The van der Waals surface area contributed by atoms with Gasteiger partial charge in [0.25, 0.3) is 0 Å². The van der Waals surface area contributed by atoms with Crippen LogP contribution in [0.3, 0.4) is 0 Å². The van der Waals surface area contributed by atoms with Crippen LogP contribution in [0.15, 0.2) is 18.9 Å². The number of carbonyl (C=O) groups excluding carboxylic acids is 1. The first-order valence-electron chi connectivity index (χ1n) is 9.07. The molecule has 1 aliphatic carbocycles. The number of rotatable bonds is 5. The lowest BCUT2D eigenvalue weighted by Gasteiger charge is -2.37. The Morgan fingerprint density at radius 3 is 2.96 bits per heavy atom. The molecule has 0 bridgehead atoms. The zero-order valence-electron chi connectivity index (χ0n) is 15.3. The quantitative estimate of drug-likeness (QED) is 0.831. The van der Waals surface area contributed by atoms with Gasteiger partial charge in [-0.2, -0.15) is 0 Å². The zero-order chi connectivity index (χ0) is 17.9. The van der Waals surface area contributed by atoms with Crippen molar-refractivity contribution in [1.82, 2.24) is 15.3 Å². The number of nitrogens with zero attached hydrogens (tertiary/aromatic N) is 3. The fourth-order valence-electron chi connectivity index (χ4n) is 3.58. The molecule has 1 aromatic rings. The molecule has 0 unspecified atom stereocenters. The van der Waals surface area contributed by atoms with E-state index in [4.69, 9.17) is 9.72 Å². The second-order valence-corrected chi connectivity index (χ2v) is 7.66. The van der Waals surface area contributed by atoms with Gasteiger partial charge in [0, 0.05) is 31.3 Å². The SMILES string of the molecule is C=CCCC(=O)N[C@H]1CC(C)(C)Cc2nc(N3CCOCC3)ncc21. The maximum Gasteiger partial charge on any atom is 0.225 e. The molecule has 2 heterocycles. The molecule has 136 valence electrons. The van der Waals surface area contributed by atoms with Crippen LogP contribution in [0, 0.1) is 5.41 Å². The Hall–Kier alpha value is -1.95. The van der Waals surface area contributed by atoms with Gasteiger partial charge in [0.1, 0.15) is 0 Å². The van der Waals surface area contributed by atoms with Gasteiger partial charge in [0.05, 0.1) is 24.9 Å². The molecule has 6 nitrogen and oxygen atoms in total. The van der Waals surface area contributed by atoms with Crippen molar-refractivity contribution in [3.05, 3.63) is 30.1 Å². The minimum atomic E-state index is -0.0187. The van der Waals surface area contributed by atoms with E-state index in [1.807, 2.05) is 6.20 Å². The molecule has 0 aromatic carbocycles. The fourth-order valence-corrected chi connectivity index (χ4v) is 3.58. The van der Waals surface area contributed by atoms with Crippen molar-refractivity contribution in [2.75, 3.05) is 31.2 Å². The van der Waals surface area contributed by atoms with Crippen molar-refractivity contribution >= 4 is 11.9 Å². The highest BCUT2D eigenvalue weighted by Crippen LogP contribution is 2.40. The predicted octanol–water partition coefficient (Wildman–Crippen LogP) is 2.41. The smallest absolute Gasteiger partial charge is 0.225 e. The summed E-state index contributed by atoms with van der Waals surface area (Å²) in [5.41, 5.74) is 2.21. The number of aromatic nitrogens is 2. The summed E-state index contributed by atoms with van der Waals surface area (Å²) < 4.78 is 5.41. The highest BCUT2D eigenvalue weighted by Gasteiger charge is 2.34. The Morgan fingerprint density at radius 2 is 2.24 bits per heavy atom. The van der Waals surface area contributed by atoms with E-state index in [1.165, 1.54) is 0 Å². The fraction of sp³-hybridized carbons (Fsp3) is 0.632. The molecule has 1 amide bonds. The molecular weight excluding hydrogens is 316 g/mol. The Kier molecular flexibility index (Phi) is 5.37. The van der Waals surface area contributed by atoms with Crippen LogP contribution in [0.2, 0.25) is 0 Å². The molecule has 1 fully saturated rings. The molecule has 6 heteroatoms. The topological polar surface area (TPSA) is 67.4 Å². The van der Waals surface area contributed by atoms with E-state index in [9.17, 15) is 4.79 Å². The predicted molar refractivity (Wildman–Crippen MR) is 97.5 cm³/mol. The molecule has 1 saturated heterocycles. The van der Waals surface area contributed by atoms with E-state index >= 15 is 0 Å². The van der Waals surface area contributed by atoms with Crippen LogP contribution in [0.5, 0.6) is 0 Å². The van der Waals surface area contributed by atoms with Crippen LogP contribution < -0.4 is 10.2 Å². The summed E-state index contributed by atoms with van der Waals surface area (Å²) in [6, 6.07) is -0.0187. The third-order valence-electron chi connectivity index (χ3n) is 4.87. The highest BCUT2D eigenvalue weighted by atomic mass is 16.5. The maximum atomic E-state index is 12.2. The number of hydrogen-bond acceptors (Lipinski definition) is 5. The van der Waals surface area contributed by atoms with Crippen molar-refractivity contribution in [2.45, 2.75) is 45.6 Å². The average Bonchev–Trinajstić information content (AvgIpc) is 2.59. The second-order valence-electron chi connectivity index (χ2n) is 7.66. The molecule has 1 aromatic heterocycles. The highest BCUT2D eigenvalue weighted by molar-refractivity contribution is 5.76. The molecule has 25 heavy (non-hydrogen) atoms. The normalized spacial score (nSPS) is 22.2. The number of morpholine rings is 1. The first kappa shape index (κ1) is 17.9. The number of fused-ring (bicyclic) bond motifs is 1. The summed E-state index contributed by atoms with van der Waals surface area (Å²) >= 11 is 0. The van der Waals surface area contributed by atoms with Crippen LogP contribution in [0.25, 0.3) is 0 Å². The molecule has 0 radical (unpaired) electrons. The summed E-state index contributed by atoms with van der Waals surface area (Å²) in [6.45, 7) is 11.2. The van der Waals surface area contributed by atoms with Crippen LogP contribution in [-0.2, 0) is 16.0 Å². The molecule has 3 rings (SSSR count). The van der Waals surface area contributed by atoms with Crippen LogP contribution in [-0.4, -0.2) is 42.2 Å². The van der Waals surface area contributed by atoms with E-state index < -0.39 is 0 Å². The summed E-state index contributed by atoms with van der Waals surface area (Å²) in [7, 11) is 0. The summed E-state index contributed by atoms with van der Waals surface area (Å²) in [5, 5.41) is 3.16. The van der Waals surface area contributed by atoms with Crippen LogP contribution >= 0.6 is 0 Å². The number of nitrogens with one attached hydrogen (secondary N) is 1. The van der Waals surface area contributed by atoms with Crippen molar-refractivity contribution in [2.24, 2.45) is 5.41 Å². The third kappa shape index (κ3) is 4.37. The summed E-state index contributed by atoms with van der Waals surface area (Å²) in [4.78, 5) is 23.8. The van der Waals surface area contributed by atoms with Gasteiger partial charge in [0.15, 0.2) is 0 Å². The monoisotopic (exact) mass is 344 g/mol. The van der Waals surface area contributed by atoms with Gasteiger partial charge in [-0.15, -0.1) is 6.58 Å². The van der Waals surface area contributed by atoms with E-state index in [2.05, 4.69) is 35.6 Å². The van der Waals surface area contributed by atoms with Gasteiger partial charge in [-0.05, 0) is 24.7 Å². The van der Waals surface area contributed by atoms with E-state index in [0.717, 1.165) is 43.1 Å². The standard InChI is InChI=1S/C19H28N4O2/c1-4-5-6-17(24)21-15-11-19(2,3)12-16-14(15)13-20-18(22-16)23-7-9-25-10-8-23/h4,13,15H,1,5-12H2,2-3H3,(H,21,24)/t15-/m0/s1. The van der Waals surface area contributed by atoms with Crippen molar-refractivity contribution in [3.8, 4) is 0 Å². The Morgan fingerprint density at radius 1 is 1.48 bits per heavy atom. The molecule has 2 aliphatic rings. The lowest BCUT2D eigenvalue weighted by molar-refractivity contribution is -0.122. The number of ether oxygens (including phenoxy) is 1. The minimum Gasteiger partial charge on any atom is -0.378 e. The average molecular weight is 344 g/mol. The molecule has 0 spiro atoms. The van der Waals surface area contributed by atoms with E-state index in [1.54, 1.807) is 6.08 Å². The summed E-state index contributed by atoms with van der Waals surface area (Å²) in [5.74, 6) is 0.835. The van der Waals surface area contributed by atoms with Gasteiger partial charge in [-0.1, -0.05) is 19.9 Å². The van der Waals surface area contributed by atoms with Gasteiger partial charge < -0.3 is 15.0 Å². The van der Waals surface area contributed by atoms with E-state index in [0.29, 0.717) is 26.1 Å². The maximum absolute atomic E-state index is 12.2. The van der Waals surface area contributed by atoms with Gasteiger partial charge in [0.2, 0.25) is 11.9 Å². The number of carbonyl (C=O) groups is 1. The molecule has 1 aliphatic heterocycles. The van der Waals surface area contributed by atoms with Gasteiger partial charge in [-0.3, -0.25) is 4.79 Å². The lowest BCUT2D eigenvalue weighted by Crippen LogP contribution is -2.39. The first-order chi connectivity index (χ1) is 12.0. The van der Waals surface area contributed by atoms with Crippen LogP contribution in [0.1, 0.15) is 50.4 Å². The van der Waals surface area contributed by atoms with Crippen molar-refractivity contribution in [3.63, 3.8) is 0 Å². The Balaban J connectivity index is 1.81. The van der Waals surface area contributed by atoms with E-state index in [-0.39, 0.29) is 17.4 Å².